The molecule has 0 saturated heterocycles. The summed E-state index contributed by atoms with van der Waals surface area (Å²) in [4.78, 5) is 31.8. The predicted molar refractivity (Wildman–Crippen MR) is 160 cm³/mol. The molecular formula is C31H33N7O2. The maximum Gasteiger partial charge on any atom is 0.260 e. The van der Waals surface area contributed by atoms with Crippen molar-refractivity contribution in [2.24, 2.45) is 0 Å². The molecule has 0 saturated carbocycles. The number of fused-ring (bicyclic) bond motifs is 1. The lowest BCUT2D eigenvalue weighted by Crippen LogP contribution is -2.26. The van der Waals surface area contributed by atoms with Crippen LogP contribution in [0.2, 0.25) is 0 Å². The summed E-state index contributed by atoms with van der Waals surface area (Å²) in [6.45, 7) is 5.94. The summed E-state index contributed by atoms with van der Waals surface area (Å²) in [5.41, 5.74) is 6.69. The fourth-order valence-corrected chi connectivity index (χ4v) is 4.67. The molecule has 5 rings (SSSR count). The summed E-state index contributed by atoms with van der Waals surface area (Å²) in [6.07, 6.45) is 6.00. The molecule has 3 aromatic heterocycles. The Kier molecular flexibility index (Phi) is 8.41. The van der Waals surface area contributed by atoms with Crippen LogP contribution in [0, 0.1) is 6.92 Å². The number of benzene rings is 2. The first-order valence-corrected chi connectivity index (χ1v) is 13.4. The predicted octanol–water partition coefficient (Wildman–Crippen LogP) is 4.96. The molecule has 0 unspecified atom stereocenters. The second kappa shape index (κ2) is 12.5. The molecule has 2 aromatic carbocycles. The summed E-state index contributed by atoms with van der Waals surface area (Å²) in [5.74, 6) is 0.458. The number of para-hydroxylation sites is 1. The van der Waals surface area contributed by atoms with Crippen LogP contribution in [-0.2, 0) is 17.7 Å². The zero-order valence-corrected chi connectivity index (χ0v) is 23.0. The Morgan fingerprint density at radius 3 is 2.58 bits per heavy atom. The Bertz CT molecular complexity index is 1670. The number of anilines is 2. The highest BCUT2D eigenvalue weighted by Crippen LogP contribution is 2.29. The second-order valence-corrected chi connectivity index (χ2v) is 9.41. The highest BCUT2D eigenvalue weighted by atomic mass is 16.5. The Balaban J connectivity index is 1.44. The van der Waals surface area contributed by atoms with E-state index in [1.165, 1.54) is 0 Å². The minimum atomic E-state index is -0.114. The van der Waals surface area contributed by atoms with Crippen molar-refractivity contribution in [2.75, 3.05) is 37.4 Å². The molecule has 5 aromatic rings. The van der Waals surface area contributed by atoms with Crippen LogP contribution >= 0.6 is 0 Å². The highest BCUT2D eigenvalue weighted by molar-refractivity contribution is 5.83. The van der Waals surface area contributed by atoms with Gasteiger partial charge >= 0.3 is 0 Å². The summed E-state index contributed by atoms with van der Waals surface area (Å²) in [5, 5.41) is 7.09. The fourth-order valence-electron chi connectivity index (χ4n) is 4.67. The molecule has 40 heavy (non-hydrogen) atoms. The first-order valence-electron chi connectivity index (χ1n) is 13.4. The van der Waals surface area contributed by atoms with E-state index in [0.29, 0.717) is 43.5 Å². The third-order valence-corrected chi connectivity index (χ3v) is 6.69. The number of hydrogen-bond acceptors (Lipinski definition) is 8. The van der Waals surface area contributed by atoms with E-state index >= 15 is 0 Å². The minimum absolute atomic E-state index is 0.114. The maximum absolute atomic E-state index is 13.9. The van der Waals surface area contributed by atoms with Gasteiger partial charge in [-0.15, -0.1) is 0 Å². The number of aryl methyl sites for hydroxylation is 2. The van der Waals surface area contributed by atoms with Gasteiger partial charge in [-0.2, -0.15) is 4.98 Å². The van der Waals surface area contributed by atoms with Crippen molar-refractivity contribution in [1.29, 1.82) is 0 Å². The molecule has 9 nitrogen and oxygen atoms in total. The molecule has 9 heteroatoms. The Morgan fingerprint density at radius 2 is 1.80 bits per heavy atom. The quantitative estimate of drug-likeness (QED) is 0.229. The number of aromatic nitrogens is 5. The van der Waals surface area contributed by atoms with Crippen molar-refractivity contribution in [3.63, 3.8) is 0 Å². The van der Waals surface area contributed by atoms with E-state index in [1.807, 2.05) is 55.5 Å². The van der Waals surface area contributed by atoms with E-state index in [2.05, 4.69) is 43.6 Å². The SMILES string of the molecule is CCc1cc(-c2cncc(C)n2)ccc1-c1cc2cnc(NC)nc2n(CCOCCNc2ccccc2)c1=O. The molecule has 0 spiro atoms. The van der Waals surface area contributed by atoms with Gasteiger partial charge in [0.2, 0.25) is 5.95 Å². The number of hydrogen-bond donors (Lipinski definition) is 2. The zero-order chi connectivity index (χ0) is 27.9. The fraction of sp³-hybridized carbons (Fsp3) is 0.258. The van der Waals surface area contributed by atoms with Gasteiger partial charge in [0.1, 0.15) is 5.65 Å². The van der Waals surface area contributed by atoms with Gasteiger partial charge in [-0.05, 0) is 48.7 Å². The molecule has 0 fully saturated rings. The Labute approximate surface area is 233 Å². The highest BCUT2D eigenvalue weighted by Gasteiger charge is 2.16. The molecule has 2 N–H and O–H groups in total. The number of pyridine rings is 1. The summed E-state index contributed by atoms with van der Waals surface area (Å²) in [7, 11) is 1.76. The normalized spacial score (nSPS) is 11.1. The van der Waals surface area contributed by atoms with Gasteiger partial charge in [0.15, 0.2) is 0 Å². The topological polar surface area (TPSA) is 107 Å². The number of nitrogens with one attached hydrogen (secondary N) is 2. The van der Waals surface area contributed by atoms with E-state index in [0.717, 1.165) is 45.6 Å². The number of rotatable bonds is 11. The van der Waals surface area contributed by atoms with E-state index in [4.69, 9.17) is 4.74 Å². The van der Waals surface area contributed by atoms with Crippen molar-refractivity contribution in [3.05, 3.63) is 94.8 Å². The van der Waals surface area contributed by atoms with Gasteiger partial charge in [-0.1, -0.05) is 37.3 Å². The van der Waals surface area contributed by atoms with Crippen LogP contribution in [0.3, 0.4) is 0 Å². The van der Waals surface area contributed by atoms with Crippen LogP contribution in [0.15, 0.2) is 78.0 Å². The molecule has 0 radical (unpaired) electrons. The molecule has 204 valence electrons. The average molecular weight is 536 g/mol. The lowest BCUT2D eigenvalue weighted by Gasteiger charge is -2.16. The first kappa shape index (κ1) is 27.0. The smallest absolute Gasteiger partial charge is 0.260 e. The molecule has 0 aliphatic carbocycles. The number of ether oxygens (including phenoxy) is 1. The zero-order valence-electron chi connectivity index (χ0n) is 23.0. The molecule has 0 amide bonds. The maximum atomic E-state index is 13.9. The van der Waals surface area contributed by atoms with Gasteiger partial charge < -0.3 is 15.4 Å². The Morgan fingerprint density at radius 1 is 0.950 bits per heavy atom. The van der Waals surface area contributed by atoms with Gasteiger partial charge in [0, 0.05) is 48.2 Å². The van der Waals surface area contributed by atoms with Crippen molar-refractivity contribution in [3.8, 4) is 22.4 Å². The monoisotopic (exact) mass is 535 g/mol. The average Bonchev–Trinajstić information content (AvgIpc) is 2.99. The standard InChI is InChI=1S/C31H33N7O2/c1-4-22-16-23(28-20-33-18-21(2)36-28)10-11-26(22)27-17-24-19-35-31(32-3)37-29(24)38(30(27)39)13-15-40-14-12-34-25-8-6-5-7-9-25/h5-11,16-20,34H,4,12-15H2,1-3H3,(H,32,35,37). The first-order chi connectivity index (χ1) is 19.6. The van der Waals surface area contributed by atoms with Crippen LogP contribution in [0.5, 0.6) is 0 Å². The van der Waals surface area contributed by atoms with E-state index < -0.39 is 0 Å². The summed E-state index contributed by atoms with van der Waals surface area (Å²) < 4.78 is 7.58. The lowest BCUT2D eigenvalue weighted by atomic mass is 9.95. The van der Waals surface area contributed by atoms with Crippen LogP contribution in [0.1, 0.15) is 18.2 Å². The summed E-state index contributed by atoms with van der Waals surface area (Å²) >= 11 is 0. The lowest BCUT2D eigenvalue weighted by molar-refractivity contribution is 0.135. The van der Waals surface area contributed by atoms with Gasteiger partial charge in [-0.25, -0.2) is 9.97 Å². The van der Waals surface area contributed by atoms with Gasteiger partial charge in [0.25, 0.3) is 5.56 Å². The molecule has 0 bridgehead atoms. The molecular weight excluding hydrogens is 502 g/mol. The van der Waals surface area contributed by atoms with Crippen LogP contribution < -0.4 is 16.2 Å². The third kappa shape index (κ3) is 6.00. The second-order valence-electron chi connectivity index (χ2n) is 9.41. The third-order valence-electron chi connectivity index (χ3n) is 6.69. The van der Waals surface area contributed by atoms with Crippen molar-refractivity contribution >= 4 is 22.7 Å². The van der Waals surface area contributed by atoms with Crippen molar-refractivity contribution in [1.82, 2.24) is 24.5 Å². The van der Waals surface area contributed by atoms with Crippen molar-refractivity contribution in [2.45, 2.75) is 26.8 Å². The molecule has 0 atom stereocenters. The number of nitrogens with zero attached hydrogens (tertiary/aromatic N) is 5. The van der Waals surface area contributed by atoms with Crippen molar-refractivity contribution < 1.29 is 4.74 Å². The molecule has 3 heterocycles. The minimum Gasteiger partial charge on any atom is -0.383 e. The summed E-state index contributed by atoms with van der Waals surface area (Å²) in [6, 6.07) is 18.0. The van der Waals surface area contributed by atoms with Crippen LogP contribution in [0.4, 0.5) is 11.6 Å². The van der Waals surface area contributed by atoms with E-state index in [1.54, 1.807) is 30.2 Å². The van der Waals surface area contributed by atoms with Crippen LogP contribution in [0.25, 0.3) is 33.4 Å². The molecule has 0 aliphatic rings. The van der Waals surface area contributed by atoms with Gasteiger partial charge in [0.05, 0.1) is 37.3 Å². The van der Waals surface area contributed by atoms with E-state index in [9.17, 15) is 4.79 Å². The molecule has 0 aliphatic heterocycles. The van der Waals surface area contributed by atoms with Crippen LogP contribution in [-0.4, -0.2) is 51.3 Å². The Hall–Kier alpha value is -4.63. The van der Waals surface area contributed by atoms with Gasteiger partial charge in [-0.3, -0.25) is 14.3 Å². The van der Waals surface area contributed by atoms with E-state index in [-0.39, 0.29) is 5.56 Å². The largest absolute Gasteiger partial charge is 0.383 e.